The van der Waals surface area contributed by atoms with Crippen molar-refractivity contribution in [1.29, 1.82) is 0 Å². The molecule has 0 fully saturated rings. The third-order valence-electron chi connectivity index (χ3n) is 1.45. The van der Waals surface area contributed by atoms with Gasteiger partial charge in [-0.1, -0.05) is 6.58 Å². The molecule has 0 aromatic carbocycles. The van der Waals surface area contributed by atoms with Gasteiger partial charge < -0.3 is 9.52 Å². The van der Waals surface area contributed by atoms with Crippen LogP contribution in [0.3, 0.4) is 0 Å². The zero-order chi connectivity index (χ0) is 9.84. The van der Waals surface area contributed by atoms with E-state index in [9.17, 15) is 4.79 Å². The van der Waals surface area contributed by atoms with Gasteiger partial charge in [-0.05, 0) is 25.1 Å². The number of aliphatic hydroxyl groups excluding tert-OH is 1. The summed E-state index contributed by atoms with van der Waals surface area (Å²) in [6, 6.07) is 2.90. The lowest BCUT2D eigenvalue weighted by Gasteiger charge is -1.86. The van der Waals surface area contributed by atoms with E-state index >= 15 is 0 Å². The predicted molar refractivity (Wildman–Crippen MR) is 50.6 cm³/mol. The minimum atomic E-state index is -0.424. The van der Waals surface area contributed by atoms with Crippen molar-refractivity contribution in [2.24, 2.45) is 0 Å². The molecule has 0 amide bonds. The summed E-state index contributed by atoms with van der Waals surface area (Å²) in [7, 11) is 0. The molecular weight excluding hydrogens is 168 g/mol. The van der Waals surface area contributed by atoms with Crippen molar-refractivity contribution in [2.45, 2.75) is 6.92 Å². The fourth-order valence-electron chi connectivity index (χ4n) is 0.824. The normalized spacial score (nSPS) is 13.3. The van der Waals surface area contributed by atoms with E-state index in [1.807, 2.05) is 0 Å². The van der Waals surface area contributed by atoms with E-state index < -0.39 is 5.63 Å². The van der Waals surface area contributed by atoms with E-state index in [2.05, 4.69) is 6.58 Å². The smallest absolute Gasteiger partial charge is 0.336 e. The fourth-order valence-corrected chi connectivity index (χ4v) is 0.824. The molecule has 0 saturated heterocycles. The zero-order valence-electron chi connectivity index (χ0n) is 7.28. The Kier molecular flexibility index (Phi) is 2.69. The van der Waals surface area contributed by atoms with Crippen LogP contribution in [0.1, 0.15) is 6.92 Å². The summed E-state index contributed by atoms with van der Waals surface area (Å²) in [5, 5.41) is 9.55. The summed E-state index contributed by atoms with van der Waals surface area (Å²) < 4.78 is 4.73. The van der Waals surface area contributed by atoms with Gasteiger partial charge in [-0.25, -0.2) is 4.79 Å². The van der Waals surface area contributed by atoms with Crippen LogP contribution in [0.15, 0.2) is 33.2 Å². The molecule has 1 rings (SSSR count). The molecule has 0 radical (unpaired) electrons. The third-order valence-corrected chi connectivity index (χ3v) is 1.45. The van der Waals surface area contributed by atoms with Crippen molar-refractivity contribution < 1.29 is 9.52 Å². The van der Waals surface area contributed by atoms with Crippen LogP contribution >= 0.6 is 0 Å². The summed E-state index contributed by atoms with van der Waals surface area (Å²) in [6.07, 6.45) is 3.13. The largest absolute Gasteiger partial charge is 0.513 e. The molecule has 0 aliphatic rings. The topological polar surface area (TPSA) is 50.4 Å². The quantitative estimate of drug-likeness (QED) is 0.629. The van der Waals surface area contributed by atoms with Crippen LogP contribution in [-0.4, -0.2) is 5.11 Å². The first kappa shape index (κ1) is 9.32. The maximum Gasteiger partial charge on any atom is 0.336 e. The van der Waals surface area contributed by atoms with Gasteiger partial charge in [0.15, 0.2) is 0 Å². The van der Waals surface area contributed by atoms with Gasteiger partial charge in [0.2, 0.25) is 0 Å². The molecule has 0 atom stereocenters. The fraction of sp³-hybridized carbons (Fsp3) is 0.100. The molecule has 0 bridgehead atoms. The van der Waals surface area contributed by atoms with Crippen molar-refractivity contribution in [3.8, 4) is 0 Å². The standard InChI is InChI=1S/C10H10O3/c1-7(11)3-4-9-5-6-10(12)13-8(9)2/h3-6,11H,2H2,1H3/b7-3+,9-4-. The molecule has 1 heterocycles. The van der Waals surface area contributed by atoms with Gasteiger partial charge in [0.05, 0.1) is 5.76 Å². The van der Waals surface area contributed by atoms with E-state index in [0.717, 1.165) is 0 Å². The number of hydrogen-bond donors (Lipinski definition) is 1. The first-order valence-corrected chi connectivity index (χ1v) is 3.76. The average molecular weight is 178 g/mol. The zero-order valence-corrected chi connectivity index (χ0v) is 7.28. The Hall–Kier alpha value is -1.77. The van der Waals surface area contributed by atoms with Crippen LogP contribution in [0.2, 0.25) is 0 Å². The molecule has 13 heavy (non-hydrogen) atoms. The highest BCUT2D eigenvalue weighted by atomic mass is 16.4. The molecule has 68 valence electrons. The highest BCUT2D eigenvalue weighted by Gasteiger charge is 1.85. The lowest BCUT2D eigenvalue weighted by atomic mass is 10.3. The molecule has 3 heteroatoms. The van der Waals surface area contributed by atoms with Crippen molar-refractivity contribution in [1.82, 2.24) is 0 Å². The van der Waals surface area contributed by atoms with E-state index in [4.69, 9.17) is 9.52 Å². The molecule has 1 aromatic rings. The number of rotatable bonds is 1. The Morgan fingerprint density at radius 2 is 2.31 bits per heavy atom. The lowest BCUT2D eigenvalue weighted by Crippen LogP contribution is -2.26. The van der Waals surface area contributed by atoms with Crippen LogP contribution < -0.4 is 16.3 Å². The van der Waals surface area contributed by atoms with Gasteiger partial charge >= 0.3 is 5.63 Å². The molecule has 1 N–H and O–H groups in total. The Morgan fingerprint density at radius 3 is 2.85 bits per heavy atom. The number of aliphatic hydroxyl groups is 1. The monoisotopic (exact) mass is 178 g/mol. The van der Waals surface area contributed by atoms with E-state index in [1.165, 1.54) is 12.1 Å². The van der Waals surface area contributed by atoms with Gasteiger partial charge in [0, 0.05) is 11.3 Å². The second kappa shape index (κ2) is 3.76. The highest BCUT2D eigenvalue weighted by Crippen LogP contribution is 1.82. The lowest BCUT2D eigenvalue weighted by molar-refractivity contribution is 0.415. The first-order chi connectivity index (χ1) is 6.09. The molecule has 3 nitrogen and oxygen atoms in total. The van der Waals surface area contributed by atoms with E-state index in [0.29, 0.717) is 10.6 Å². The van der Waals surface area contributed by atoms with Crippen molar-refractivity contribution >= 4 is 12.7 Å². The van der Waals surface area contributed by atoms with E-state index in [1.54, 1.807) is 19.1 Å². The summed E-state index contributed by atoms with van der Waals surface area (Å²) in [5.74, 6) is 0.186. The number of allylic oxidation sites excluding steroid dienone is 2. The van der Waals surface area contributed by atoms with Gasteiger partial charge in [0.1, 0.15) is 5.42 Å². The third kappa shape index (κ3) is 2.63. The van der Waals surface area contributed by atoms with Crippen LogP contribution in [0.4, 0.5) is 0 Å². The minimum absolute atomic E-state index is 0.186. The molecule has 0 spiro atoms. The van der Waals surface area contributed by atoms with E-state index in [-0.39, 0.29) is 5.76 Å². The van der Waals surface area contributed by atoms with Crippen molar-refractivity contribution in [3.05, 3.63) is 45.0 Å². The molecular formula is C10H10O3. The molecule has 0 saturated carbocycles. The van der Waals surface area contributed by atoms with Gasteiger partial charge in [0.25, 0.3) is 0 Å². The minimum Gasteiger partial charge on any atom is -0.513 e. The summed E-state index contributed by atoms with van der Waals surface area (Å²) in [6.45, 7) is 5.10. The van der Waals surface area contributed by atoms with Crippen LogP contribution in [-0.2, 0) is 0 Å². The van der Waals surface area contributed by atoms with Gasteiger partial charge in [-0.15, -0.1) is 0 Å². The Morgan fingerprint density at radius 1 is 1.62 bits per heavy atom. The van der Waals surface area contributed by atoms with Crippen LogP contribution in [0.5, 0.6) is 0 Å². The summed E-state index contributed by atoms with van der Waals surface area (Å²) >= 11 is 0. The van der Waals surface area contributed by atoms with Crippen molar-refractivity contribution in [2.75, 3.05) is 0 Å². The summed E-state index contributed by atoms with van der Waals surface area (Å²) in [4.78, 5) is 10.7. The highest BCUT2D eigenvalue weighted by molar-refractivity contribution is 5.36. The van der Waals surface area contributed by atoms with Crippen LogP contribution in [0.25, 0.3) is 12.7 Å². The second-order valence-corrected chi connectivity index (χ2v) is 2.61. The van der Waals surface area contributed by atoms with Crippen molar-refractivity contribution in [3.63, 3.8) is 0 Å². The molecule has 1 aromatic heterocycles. The predicted octanol–water partition coefficient (Wildman–Crippen LogP) is 0.292. The van der Waals surface area contributed by atoms with Gasteiger partial charge in [-0.3, -0.25) is 0 Å². The molecule has 0 aliphatic heterocycles. The number of hydrogen-bond acceptors (Lipinski definition) is 3. The molecule has 0 unspecified atom stereocenters. The SMILES string of the molecule is C=c1oc(=O)cc/c1=C/C=C(\C)O. The Bertz CT molecular complexity index is 476. The average Bonchev–Trinajstić information content (AvgIpc) is 2.02. The summed E-state index contributed by atoms with van der Waals surface area (Å²) in [5.41, 5.74) is -0.128. The first-order valence-electron chi connectivity index (χ1n) is 3.76. The second-order valence-electron chi connectivity index (χ2n) is 2.61. The maximum absolute atomic E-state index is 10.7. The van der Waals surface area contributed by atoms with Gasteiger partial charge in [-0.2, -0.15) is 0 Å². The Labute approximate surface area is 74.9 Å². The maximum atomic E-state index is 10.7. The van der Waals surface area contributed by atoms with Crippen LogP contribution in [0, 0.1) is 0 Å². The Balaban J connectivity index is 3.33. The molecule has 0 aliphatic carbocycles.